The van der Waals surface area contributed by atoms with Gasteiger partial charge in [-0.25, -0.2) is 26.5 Å². The third kappa shape index (κ3) is 5.68. The molecule has 4 heterocycles. The van der Waals surface area contributed by atoms with Crippen molar-refractivity contribution in [3.05, 3.63) is 35.8 Å². The molecule has 0 aliphatic carbocycles. The molecule has 2 aliphatic rings. The van der Waals surface area contributed by atoms with Gasteiger partial charge in [-0.15, -0.1) is 5.10 Å². The van der Waals surface area contributed by atoms with E-state index in [2.05, 4.69) is 25.7 Å². The van der Waals surface area contributed by atoms with E-state index in [1.165, 1.54) is 7.11 Å². The molecule has 0 radical (unpaired) electrons. The van der Waals surface area contributed by atoms with Gasteiger partial charge in [-0.3, -0.25) is 9.79 Å². The number of halogens is 5. The number of nitrogens with one attached hydrogen (secondary N) is 2. The van der Waals surface area contributed by atoms with Crippen LogP contribution in [0.2, 0.25) is 0 Å². The molecule has 3 aromatic rings. The van der Waals surface area contributed by atoms with E-state index in [-0.39, 0.29) is 35.9 Å². The lowest BCUT2D eigenvalue weighted by Crippen LogP contribution is -2.56. The van der Waals surface area contributed by atoms with Crippen LogP contribution in [0.15, 0.2) is 29.4 Å². The van der Waals surface area contributed by atoms with E-state index >= 15 is 4.39 Å². The highest BCUT2D eigenvalue weighted by Gasteiger charge is 2.46. The Morgan fingerprint density at radius 1 is 1.32 bits per heavy atom. The summed E-state index contributed by atoms with van der Waals surface area (Å²) in [6.45, 7) is -0.476. The van der Waals surface area contributed by atoms with Gasteiger partial charge in [-0.05, 0) is 36.6 Å². The average Bonchev–Trinajstić information content (AvgIpc) is 3.26. The molecule has 1 aromatic carbocycles. The van der Waals surface area contributed by atoms with Crippen molar-refractivity contribution in [2.45, 2.75) is 44.2 Å². The van der Waals surface area contributed by atoms with Gasteiger partial charge in [0, 0.05) is 24.7 Å². The summed E-state index contributed by atoms with van der Waals surface area (Å²) in [4.78, 5) is 21.3. The predicted molar refractivity (Wildman–Crippen MR) is 140 cm³/mol. The fraction of sp³-hybridized carbons (Fsp3) is 0.462. The van der Waals surface area contributed by atoms with Crippen molar-refractivity contribution >= 4 is 28.8 Å². The van der Waals surface area contributed by atoms with Crippen LogP contribution in [0.4, 0.5) is 33.6 Å². The molecule has 2 aromatic heterocycles. The molecule has 2 aliphatic heterocycles. The molecule has 41 heavy (non-hydrogen) atoms. The largest absolute Gasteiger partial charge is 0.479 e. The van der Waals surface area contributed by atoms with E-state index in [1.54, 1.807) is 25.1 Å². The number of methoxy groups -OCH3 is 1. The number of fused-ring (bicyclic) bond motifs is 2. The van der Waals surface area contributed by atoms with Crippen LogP contribution in [-0.4, -0.2) is 88.0 Å². The molecule has 0 saturated carbocycles. The molecule has 1 amide bonds. The maximum Gasteiger partial charge on any atom is 0.285 e. The van der Waals surface area contributed by atoms with E-state index in [4.69, 9.17) is 9.84 Å². The van der Waals surface area contributed by atoms with Crippen LogP contribution in [0.5, 0.6) is 5.88 Å². The number of alkyl halides is 4. The number of aromatic nitrogens is 3. The Hall–Kier alpha value is -3.85. The van der Waals surface area contributed by atoms with Crippen molar-refractivity contribution in [2.24, 2.45) is 4.99 Å². The number of nitrogens with zero attached hydrogens (tertiary/aromatic N) is 5. The van der Waals surface area contributed by atoms with Crippen molar-refractivity contribution in [1.29, 1.82) is 0 Å². The Kier molecular flexibility index (Phi) is 7.83. The quantitative estimate of drug-likeness (QED) is 0.349. The molecule has 0 spiro atoms. The maximum atomic E-state index is 15.4. The summed E-state index contributed by atoms with van der Waals surface area (Å²) in [5.41, 5.74) is 2.59. The van der Waals surface area contributed by atoms with Crippen molar-refractivity contribution in [3.8, 4) is 17.0 Å². The number of ether oxygens (including phenoxy) is 1. The lowest BCUT2D eigenvalue weighted by molar-refractivity contribution is -0.145. The second-order valence-electron chi connectivity index (χ2n) is 9.99. The number of amides is 1. The second kappa shape index (κ2) is 11.2. The molecule has 15 heteroatoms. The van der Waals surface area contributed by atoms with Crippen molar-refractivity contribution in [3.63, 3.8) is 0 Å². The number of aliphatic hydroxyl groups is 1. The first-order valence-corrected chi connectivity index (χ1v) is 12.9. The van der Waals surface area contributed by atoms with E-state index in [0.29, 0.717) is 23.2 Å². The van der Waals surface area contributed by atoms with E-state index in [9.17, 15) is 22.4 Å². The first-order chi connectivity index (χ1) is 19.5. The molecule has 220 valence electrons. The number of likely N-dealkylation sites (tertiary alicyclic amines) is 1. The zero-order valence-electron chi connectivity index (χ0n) is 22.2. The molecule has 1 saturated heterocycles. The molecule has 3 N–H and O–H groups in total. The Morgan fingerprint density at radius 2 is 2.10 bits per heavy atom. The maximum absolute atomic E-state index is 15.4. The molecule has 10 nitrogen and oxygen atoms in total. The monoisotopic (exact) mass is 581 g/mol. The third-order valence-electron chi connectivity index (χ3n) is 7.16. The Labute approximate surface area is 231 Å². The van der Waals surface area contributed by atoms with Gasteiger partial charge in [0.2, 0.25) is 17.7 Å². The zero-order chi connectivity index (χ0) is 29.5. The molecule has 1 fully saturated rings. The molecule has 2 atom stereocenters. The van der Waals surface area contributed by atoms with Crippen LogP contribution in [0.3, 0.4) is 0 Å². The van der Waals surface area contributed by atoms with E-state index in [0.717, 1.165) is 21.3 Å². The summed E-state index contributed by atoms with van der Waals surface area (Å²) in [6.07, 6.45) is -1.23. The highest BCUT2D eigenvalue weighted by atomic mass is 19.3. The number of anilines is 1. The van der Waals surface area contributed by atoms with Crippen LogP contribution in [-0.2, 0) is 4.79 Å². The first kappa shape index (κ1) is 28.7. The lowest BCUT2D eigenvalue weighted by Gasteiger charge is -2.38. The minimum atomic E-state index is -3.36. The summed E-state index contributed by atoms with van der Waals surface area (Å²) in [6, 6.07) is 3.09. The third-order valence-corrected chi connectivity index (χ3v) is 7.16. The van der Waals surface area contributed by atoms with Gasteiger partial charge in [0.05, 0.1) is 43.7 Å². The van der Waals surface area contributed by atoms with Crippen LogP contribution in [0.25, 0.3) is 16.6 Å². The Bertz CT molecular complexity index is 1500. The number of aliphatic imine (C=N–C) groups is 1. The number of hydrogen-bond donors (Lipinski definition) is 3. The number of piperidine rings is 1. The van der Waals surface area contributed by atoms with Crippen molar-refractivity contribution in [1.82, 2.24) is 24.8 Å². The fourth-order valence-electron chi connectivity index (χ4n) is 5.25. The van der Waals surface area contributed by atoms with Gasteiger partial charge in [0.1, 0.15) is 12.1 Å². The number of benzene rings is 1. The van der Waals surface area contributed by atoms with Gasteiger partial charge >= 0.3 is 0 Å². The lowest BCUT2D eigenvalue weighted by atomic mass is 9.93. The second-order valence-corrected chi connectivity index (χ2v) is 9.99. The number of rotatable bonds is 8. The van der Waals surface area contributed by atoms with Crippen molar-refractivity contribution in [2.75, 3.05) is 38.7 Å². The molecule has 0 bridgehead atoms. The smallest absolute Gasteiger partial charge is 0.285 e. The number of carbonyl (C=O) groups is 1. The van der Waals surface area contributed by atoms with Crippen LogP contribution in [0.1, 0.15) is 31.4 Å². The van der Waals surface area contributed by atoms with E-state index < -0.39 is 55.9 Å². The topological polar surface area (TPSA) is 116 Å². The standard InChI is InChI=1S/C26H28F5N7O3/c1-13-7-18(32-9-20(28)29)15-8-14(3-4-17(15)33-13)22-16(27)10-38-23(22)24(41-2)35-25(36-38)34-19-5-6-37(21(40)11-39)12-26(19,30)31/h3-4,8,10,18-20,32,39H,5-7,9,11-12H2,1-2H3,(H,34,36)/t18?,19-/m1/s1. The zero-order valence-corrected chi connectivity index (χ0v) is 22.2. The summed E-state index contributed by atoms with van der Waals surface area (Å²) < 4.78 is 77.5. The van der Waals surface area contributed by atoms with Gasteiger partial charge in [0.15, 0.2) is 5.82 Å². The number of carbonyl (C=O) groups excluding carboxylic acids is 1. The predicted octanol–water partition coefficient (Wildman–Crippen LogP) is 3.58. The Morgan fingerprint density at radius 3 is 2.78 bits per heavy atom. The molecular weight excluding hydrogens is 553 g/mol. The number of hydrogen-bond acceptors (Lipinski definition) is 8. The fourth-order valence-corrected chi connectivity index (χ4v) is 5.25. The number of aliphatic hydroxyl groups excluding tert-OH is 1. The normalized spacial score (nSPS) is 20.2. The molecular formula is C26H28F5N7O3. The Balaban J connectivity index is 1.48. The summed E-state index contributed by atoms with van der Waals surface area (Å²) >= 11 is 0. The van der Waals surface area contributed by atoms with Crippen LogP contribution in [0, 0.1) is 5.82 Å². The highest BCUT2D eigenvalue weighted by Crippen LogP contribution is 2.40. The van der Waals surface area contributed by atoms with Gasteiger partial charge < -0.3 is 25.4 Å². The summed E-state index contributed by atoms with van der Waals surface area (Å²) in [7, 11) is 1.29. The van der Waals surface area contributed by atoms with Gasteiger partial charge in [0.25, 0.3) is 12.3 Å². The minimum Gasteiger partial charge on any atom is -0.479 e. The molecule has 1 unspecified atom stereocenters. The van der Waals surface area contributed by atoms with Gasteiger partial charge in [-0.1, -0.05) is 6.07 Å². The minimum absolute atomic E-state index is 0.0105. The van der Waals surface area contributed by atoms with Crippen LogP contribution >= 0.6 is 0 Å². The van der Waals surface area contributed by atoms with Crippen molar-refractivity contribution < 1.29 is 36.6 Å². The van der Waals surface area contributed by atoms with Crippen LogP contribution < -0.4 is 15.4 Å². The van der Waals surface area contributed by atoms with Gasteiger partial charge in [-0.2, -0.15) is 4.98 Å². The first-order valence-electron chi connectivity index (χ1n) is 12.9. The molecule has 5 rings (SSSR count). The van der Waals surface area contributed by atoms with E-state index in [1.807, 2.05) is 0 Å². The summed E-state index contributed by atoms with van der Waals surface area (Å²) in [5, 5.41) is 18.6. The average molecular weight is 582 g/mol. The SMILES string of the molecule is COc1nc(N[C@@H]2CCN(C(=O)CO)CC2(F)F)nn2cc(F)c(-c3ccc4c(c3)C(NCC(F)F)CC(C)=N4)c12. The highest BCUT2D eigenvalue weighted by molar-refractivity contribution is 5.90. The summed E-state index contributed by atoms with van der Waals surface area (Å²) in [5.74, 6) is -5.17.